The molecule has 7 heteroatoms. The highest BCUT2D eigenvalue weighted by Gasteiger charge is 2.37. The molecule has 1 aromatic carbocycles. The number of hydrogen-bond acceptors (Lipinski definition) is 6. The van der Waals surface area contributed by atoms with E-state index in [0.29, 0.717) is 27.9 Å². The van der Waals surface area contributed by atoms with Gasteiger partial charge < -0.3 is 13.9 Å². The van der Waals surface area contributed by atoms with E-state index in [1.807, 2.05) is 0 Å². The minimum atomic E-state index is -0.400. The van der Waals surface area contributed by atoms with Crippen LogP contribution in [0, 0.1) is 0 Å². The monoisotopic (exact) mass is 357 g/mol. The number of carbonyl (C=O) groups excluding carboxylic acids is 2. The number of rotatable bonds is 5. The maximum Gasteiger partial charge on any atom is 0.298 e. The highest BCUT2D eigenvalue weighted by molar-refractivity contribution is 8.18. The number of hydrogen-bond donors (Lipinski definition) is 0. The van der Waals surface area contributed by atoms with Crippen LogP contribution in [0.3, 0.4) is 0 Å². The first kappa shape index (κ1) is 16.9. The number of thioether (sulfide) groups is 1. The van der Waals surface area contributed by atoms with Crippen LogP contribution in [0.4, 0.5) is 10.5 Å². The second-order valence-electron chi connectivity index (χ2n) is 4.95. The number of furan rings is 1. The van der Waals surface area contributed by atoms with E-state index in [-0.39, 0.29) is 5.24 Å². The molecule has 0 unspecified atom stereocenters. The van der Waals surface area contributed by atoms with Crippen molar-refractivity contribution in [1.82, 2.24) is 0 Å². The van der Waals surface area contributed by atoms with Gasteiger partial charge in [0, 0.05) is 6.07 Å². The molecule has 0 spiro atoms. The van der Waals surface area contributed by atoms with Crippen LogP contribution in [0.5, 0.6) is 11.5 Å². The molecule has 6 nitrogen and oxygen atoms in total. The summed E-state index contributed by atoms with van der Waals surface area (Å²) >= 11 is 0.873. The van der Waals surface area contributed by atoms with Crippen LogP contribution >= 0.6 is 11.8 Å². The second kappa shape index (κ2) is 7.31. The van der Waals surface area contributed by atoms with Gasteiger partial charge in [-0.05, 0) is 48.2 Å². The minimum Gasteiger partial charge on any atom is -0.497 e. The summed E-state index contributed by atoms with van der Waals surface area (Å²) in [6, 6.07) is 8.47. The van der Waals surface area contributed by atoms with E-state index in [0.717, 1.165) is 16.7 Å². The molecule has 128 valence electrons. The number of imide groups is 1. The molecule has 1 aliphatic rings. The van der Waals surface area contributed by atoms with Crippen LogP contribution in [0.15, 0.2) is 58.1 Å². The molecular weight excluding hydrogens is 342 g/mol. The van der Waals surface area contributed by atoms with Gasteiger partial charge in [0.15, 0.2) is 0 Å². The van der Waals surface area contributed by atoms with Crippen molar-refractivity contribution < 1.29 is 23.5 Å². The number of carbonyl (C=O) groups is 2. The van der Waals surface area contributed by atoms with E-state index < -0.39 is 5.91 Å². The number of ether oxygens (including phenoxy) is 2. The van der Waals surface area contributed by atoms with Crippen LogP contribution in [-0.2, 0) is 4.79 Å². The molecule has 0 N–H and O–H groups in total. The lowest BCUT2D eigenvalue weighted by Gasteiger charge is -2.16. The lowest BCUT2D eigenvalue weighted by Crippen LogP contribution is -2.28. The van der Waals surface area contributed by atoms with Crippen molar-refractivity contribution in [1.29, 1.82) is 0 Å². The van der Waals surface area contributed by atoms with Gasteiger partial charge in [-0.25, -0.2) is 4.90 Å². The summed E-state index contributed by atoms with van der Waals surface area (Å²) in [7, 11) is 3.00. The summed E-state index contributed by atoms with van der Waals surface area (Å²) in [5.74, 6) is 1.22. The standard InChI is InChI=1S/C18H15NO5S/c1-22-13-8-9-14(15(11-13)23-2)19-17(20)16(25-18(19)21)7-3-5-12-6-4-10-24-12/h3-11H,1-2H3/b5-3+,16-7+. The number of nitrogens with zero attached hydrogens (tertiary/aromatic N) is 1. The molecule has 0 radical (unpaired) electrons. The summed E-state index contributed by atoms with van der Waals surface area (Å²) in [5.41, 5.74) is 0.379. The SMILES string of the molecule is COc1ccc(N2C(=O)S/C(=C/C=C/c3ccco3)C2=O)c(OC)c1. The van der Waals surface area contributed by atoms with Crippen molar-refractivity contribution in [3.8, 4) is 11.5 Å². The van der Waals surface area contributed by atoms with Crippen molar-refractivity contribution in [2.24, 2.45) is 0 Å². The molecule has 0 atom stereocenters. The van der Waals surface area contributed by atoms with Crippen molar-refractivity contribution in [2.75, 3.05) is 19.1 Å². The predicted molar refractivity (Wildman–Crippen MR) is 95.8 cm³/mol. The lowest BCUT2D eigenvalue weighted by atomic mass is 10.2. The molecule has 2 aromatic rings. The average Bonchev–Trinajstić information content (AvgIpc) is 3.23. The molecule has 1 fully saturated rings. The molecule has 1 saturated heterocycles. The normalized spacial score (nSPS) is 16.2. The van der Waals surface area contributed by atoms with Gasteiger partial charge in [0.25, 0.3) is 11.1 Å². The van der Waals surface area contributed by atoms with Gasteiger partial charge in [0.1, 0.15) is 17.3 Å². The maximum atomic E-state index is 12.6. The molecular formula is C18H15NO5S. The van der Waals surface area contributed by atoms with Crippen molar-refractivity contribution in [2.45, 2.75) is 0 Å². The molecule has 0 saturated carbocycles. The van der Waals surface area contributed by atoms with Gasteiger partial charge in [-0.2, -0.15) is 0 Å². The Labute approximate surface area is 148 Å². The first-order chi connectivity index (χ1) is 12.1. The number of methoxy groups -OCH3 is 2. The van der Waals surface area contributed by atoms with Crippen LogP contribution in [0.1, 0.15) is 5.76 Å². The molecule has 0 bridgehead atoms. The second-order valence-corrected chi connectivity index (χ2v) is 5.94. The lowest BCUT2D eigenvalue weighted by molar-refractivity contribution is -0.113. The maximum absolute atomic E-state index is 12.6. The zero-order chi connectivity index (χ0) is 17.8. The predicted octanol–water partition coefficient (Wildman–Crippen LogP) is 4.09. The Kier molecular flexibility index (Phi) is 4.95. The Morgan fingerprint density at radius 3 is 2.68 bits per heavy atom. The summed E-state index contributed by atoms with van der Waals surface area (Å²) in [6.45, 7) is 0. The molecule has 0 aliphatic carbocycles. The summed E-state index contributed by atoms with van der Waals surface area (Å²) in [6.07, 6.45) is 6.52. The fourth-order valence-corrected chi connectivity index (χ4v) is 3.06. The average molecular weight is 357 g/mol. The Bertz CT molecular complexity index is 854. The highest BCUT2D eigenvalue weighted by atomic mass is 32.2. The number of benzene rings is 1. The van der Waals surface area contributed by atoms with Crippen LogP contribution in [-0.4, -0.2) is 25.4 Å². The van der Waals surface area contributed by atoms with E-state index >= 15 is 0 Å². The summed E-state index contributed by atoms with van der Waals surface area (Å²) < 4.78 is 15.6. The van der Waals surface area contributed by atoms with E-state index in [2.05, 4.69) is 0 Å². The molecule has 1 aliphatic heterocycles. The number of allylic oxidation sites excluding steroid dienone is 2. The Balaban J connectivity index is 1.86. The van der Waals surface area contributed by atoms with Crippen molar-refractivity contribution >= 4 is 34.7 Å². The first-order valence-electron chi connectivity index (χ1n) is 7.34. The van der Waals surface area contributed by atoms with Gasteiger partial charge in [0.05, 0.1) is 31.1 Å². The highest BCUT2D eigenvalue weighted by Crippen LogP contribution is 2.40. The van der Waals surface area contributed by atoms with E-state index in [9.17, 15) is 9.59 Å². The largest absolute Gasteiger partial charge is 0.497 e. The Hall–Kier alpha value is -2.93. The third-order valence-electron chi connectivity index (χ3n) is 3.47. The van der Waals surface area contributed by atoms with Gasteiger partial charge in [-0.15, -0.1) is 0 Å². The third-order valence-corrected chi connectivity index (χ3v) is 4.36. The fourth-order valence-electron chi connectivity index (χ4n) is 2.28. The summed E-state index contributed by atoms with van der Waals surface area (Å²) in [5, 5.41) is -0.383. The van der Waals surface area contributed by atoms with Gasteiger partial charge in [-0.3, -0.25) is 9.59 Å². The molecule has 25 heavy (non-hydrogen) atoms. The number of amides is 2. The van der Waals surface area contributed by atoms with E-state index in [4.69, 9.17) is 13.9 Å². The van der Waals surface area contributed by atoms with Crippen LogP contribution in [0.25, 0.3) is 6.08 Å². The quantitative estimate of drug-likeness (QED) is 0.751. The molecule has 2 heterocycles. The van der Waals surface area contributed by atoms with Crippen LogP contribution < -0.4 is 14.4 Å². The van der Waals surface area contributed by atoms with E-state index in [1.165, 1.54) is 14.2 Å². The smallest absolute Gasteiger partial charge is 0.298 e. The topological polar surface area (TPSA) is 69.0 Å². The molecule has 2 amide bonds. The van der Waals surface area contributed by atoms with Gasteiger partial charge >= 0.3 is 0 Å². The zero-order valence-corrected chi connectivity index (χ0v) is 14.4. The fraction of sp³-hybridized carbons (Fsp3) is 0.111. The van der Waals surface area contributed by atoms with Crippen molar-refractivity contribution in [3.63, 3.8) is 0 Å². The Morgan fingerprint density at radius 1 is 1.16 bits per heavy atom. The molecule has 1 aromatic heterocycles. The third kappa shape index (κ3) is 3.46. The van der Waals surface area contributed by atoms with Gasteiger partial charge in [-0.1, -0.05) is 6.08 Å². The van der Waals surface area contributed by atoms with Crippen LogP contribution in [0.2, 0.25) is 0 Å². The first-order valence-corrected chi connectivity index (χ1v) is 8.16. The van der Waals surface area contributed by atoms with E-state index in [1.54, 1.807) is 54.8 Å². The summed E-state index contributed by atoms with van der Waals surface area (Å²) in [4.78, 5) is 26.3. The Morgan fingerprint density at radius 2 is 2.00 bits per heavy atom. The van der Waals surface area contributed by atoms with Crippen molar-refractivity contribution in [3.05, 3.63) is 59.4 Å². The molecule has 3 rings (SSSR count). The number of anilines is 1. The van der Waals surface area contributed by atoms with Gasteiger partial charge in [0.2, 0.25) is 0 Å². The minimum absolute atomic E-state index is 0.325. The zero-order valence-electron chi connectivity index (χ0n) is 13.6.